The van der Waals surface area contributed by atoms with Crippen LogP contribution in [-0.4, -0.2) is 35.7 Å². The van der Waals surface area contributed by atoms with Crippen LogP contribution in [0.15, 0.2) is 61.2 Å². The maximum absolute atomic E-state index is 6.60. The molecule has 0 saturated heterocycles. The molecule has 3 aromatic heterocycles. The van der Waals surface area contributed by atoms with Gasteiger partial charge < -0.3 is 20.5 Å². The number of nitrogens with zero attached hydrogens (tertiary/aromatic N) is 3. The Morgan fingerprint density at radius 3 is 2.32 bits per heavy atom. The van der Waals surface area contributed by atoms with E-state index in [4.69, 9.17) is 20.2 Å². The van der Waals surface area contributed by atoms with Gasteiger partial charge in [0.05, 0.1) is 19.7 Å². The van der Waals surface area contributed by atoms with Crippen molar-refractivity contribution in [1.29, 1.82) is 0 Å². The highest BCUT2D eigenvalue weighted by atomic mass is 16.5. The fourth-order valence-electron chi connectivity index (χ4n) is 3.54. The smallest absolute Gasteiger partial charge is 0.132 e. The third-order valence-electron chi connectivity index (χ3n) is 5.18. The second-order valence-corrected chi connectivity index (χ2v) is 7.18. The van der Waals surface area contributed by atoms with Crippen molar-refractivity contribution in [3.63, 3.8) is 0 Å². The molecule has 3 N–H and O–H groups in total. The zero-order valence-electron chi connectivity index (χ0n) is 17.6. The number of nitrogens with one attached hydrogen (secondary N) is 1. The summed E-state index contributed by atoms with van der Waals surface area (Å²) in [7, 11) is 3.28. The number of ether oxygens (including phenoxy) is 2. The fraction of sp³-hybridized carbons (Fsp3) is 0.208. The first-order valence-corrected chi connectivity index (χ1v) is 10.0. The van der Waals surface area contributed by atoms with E-state index in [1.807, 2.05) is 36.4 Å². The van der Waals surface area contributed by atoms with E-state index < -0.39 is 0 Å². The van der Waals surface area contributed by atoms with E-state index in [0.717, 1.165) is 52.3 Å². The van der Waals surface area contributed by atoms with Gasteiger partial charge in [-0.1, -0.05) is 0 Å². The molecular formula is C24H25N5O2. The normalized spacial score (nSPS) is 10.8. The molecule has 0 saturated carbocycles. The topological polar surface area (TPSA) is 95.2 Å². The Kier molecular flexibility index (Phi) is 6.12. The van der Waals surface area contributed by atoms with Gasteiger partial charge in [-0.15, -0.1) is 0 Å². The molecule has 0 atom stereocenters. The standard InChI is InChI=1S/C24H25N5O2/c1-30-18-11-17(12-19(14-18)31-2)13-20-23(25)21-15-27-9-6-22(21)29-24(20)28-10-5-16-3-7-26-8-4-16/h3-4,6-9,11-12,14-15H,5,10,13H2,1-2H3,(H3,25,28,29). The first kappa shape index (κ1) is 20.4. The van der Waals surface area contributed by atoms with Crippen LogP contribution in [0.1, 0.15) is 16.7 Å². The SMILES string of the molecule is COc1cc(Cc2c(NCCc3ccncc3)nc3ccncc3c2N)cc(OC)c1. The lowest BCUT2D eigenvalue weighted by atomic mass is 10.0. The number of aromatic nitrogens is 3. The lowest BCUT2D eigenvalue weighted by molar-refractivity contribution is 0.393. The molecule has 0 fully saturated rings. The van der Waals surface area contributed by atoms with Gasteiger partial charge in [0.1, 0.15) is 17.3 Å². The minimum atomic E-state index is 0.578. The van der Waals surface area contributed by atoms with E-state index in [9.17, 15) is 0 Å². The Morgan fingerprint density at radius 2 is 1.61 bits per heavy atom. The van der Waals surface area contributed by atoms with Crippen LogP contribution in [0.4, 0.5) is 11.5 Å². The quantitative estimate of drug-likeness (QED) is 0.451. The van der Waals surface area contributed by atoms with Crippen molar-refractivity contribution in [3.05, 3.63) is 77.9 Å². The number of methoxy groups -OCH3 is 2. The maximum Gasteiger partial charge on any atom is 0.132 e. The summed E-state index contributed by atoms with van der Waals surface area (Å²) >= 11 is 0. The number of hydrogen-bond acceptors (Lipinski definition) is 7. The molecule has 0 aliphatic heterocycles. The number of nitrogen functional groups attached to an aromatic ring is 1. The monoisotopic (exact) mass is 415 g/mol. The Bertz CT molecular complexity index is 1160. The van der Waals surface area contributed by atoms with Crippen LogP contribution < -0.4 is 20.5 Å². The van der Waals surface area contributed by atoms with Gasteiger partial charge in [0.15, 0.2) is 0 Å². The minimum Gasteiger partial charge on any atom is -0.497 e. The van der Waals surface area contributed by atoms with E-state index in [-0.39, 0.29) is 0 Å². The maximum atomic E-state index is 6.60. The lowest BCUT2D eigenvalue weighted by Gasteiger charge is -2.17. The summed E-state index contributed by atoms with van der Waals surface area (Å²) in [4.78, 5) is 13.1. The first-order chi connectivity index (χ1) is 15.2. The molecule has 0 aliphatic carbocycles. The van der Waals surface area contributed by atoms with Gasteiger partial charge in [0.2, 0.25) is 0 Å². The van der Waals surface area contributed by atoms with Crippen LogP contribution in [0.2, 0.25) is 0 Å². The molecule has 4 aromatic rings. The molecular weight excluding hydrogens is 390 g/mol. The predicted molar refractivity (Wildman–Crippen MR) is 123 cm³/mol. The molecule has 0 radical (unpaired) electrons. The van der Waals surface area contributed by atoms with E-state index in [2.05, 4.69) is 15.3 Å². The van der Waals surface area contributed by atoms with Crippen molar-refractivity contribution in [2.24, 2.45) is 0 Å². The average Bonchev–Trinajstić information content (AvgIpc) is 2.82. The van der Waals surface area contributed by atoms with Crippen molar-refractivity contribution in [3.8, 4) is 11.5 Å². The third-order valence-corrected chi connectivity index (χ3v) is 5.18. The number of nitrogens with two attached hydrogens (primary N) is 1. The molecule has 0 amide bonds. The van der Waals surface area contributed by atoms with Gasteiger partial charge in [-0.25, -0.2) is 4.98 Å². The van der Waals surface area contributed by atoms with Crippen molar-refractivity contribution < 1.29 is 9.47 Å². The van der Waals surface area contributed by atoms with Gasteiger partial charge in [-0.3, -0.25) is 9.97 Å². The molecule has 4 rings (SSSR count). The molecule has 31 heavy (non-hydrogen) atoms. The van der Waals surface area contributed by atoms with Crippen molar-refractivity contribution in [2.75, 3.05) is 31.8 Å². The lowest BCUT2D eigenvalue weighted by Crippen LogP contribution is -2.11. The van der Waals surface area contributed by atoms with Crippen LogP contribution in [0.5, 0.6) is 11.5 Å². The molecule has 0 bridgehead atoms. The van der Waals surface area contributed by atoms with Crippen LogP contribution in [0.25, 0.3) is 10.9 Å². The average molecular weight is 415 g/mol. The number of hydrogen-bond donors (Lipinski definition) is 2. The zero-order chi connectivity index (χ0) is 21.6. The summed E-state index contributed by atoms with van der Waals surface area (Å²) in [6.45, 7) is 0.724. The molecule has 7 heteroatoms. The summed E-state index contributed by atoms with van der Waals surface area (Å²) < 4.78 is 10.8. The Hall–Kier alpha value is -3.87. The van der Waals surface area contributed by atoms with E-state index in [0.29, 0.717) is 12.1 Å². The van der Waals surface area contributed by atoms with E-state index in [1.54, 1.807) is 39.0 Å². The number of rotatable bonds is 8. The number of pyridine rings is 3. The largest absolute Gasteiger partial charge is 0.497 e. The second-order valence-electron chi connectivity index (χ2n) is 7.18. The molecule has 158 valence electrons. The van der Waals surface area contributed by atoms with E-state index >= 15 is 0 Å². The molecule has 0 spiro atoms. The minimum absolute atomic E-state index is 0.578. The molecule has 1 aromatic carbocycles. The Morgan fingerprint density at radius 1 is 0.903 bits per heavy atom. The van der Waals surface area contributed by atoms with Crippen molar-refractivity contribution in [1.82, 2.24) is 15.0 Å². The molecule has 3 heterocycles. The van der Waals surface area contributed by atoms with Gasteiger partial charge >= 0.3 is 0 Å². The van der Waals surface area contributed by atoms with E-state index in [1.165, 1.54) is 5.56 Å². The number of benzene rings is 1. The first-order valence-electron chi connectivity index (χ1n) is 10.0. The molecule has 7 nitrogen and oxygen atoms in total. The van der Waals surface area contributed by atoms with Crippen LogP contribution in [0, 0.1) is 0 Å². The summed E-state index contributed by atoms with van der Waals surface area (Å²) in [6, 6.07) is 11.7. The van der Waals surface area contributed by atoms with Gasteiger partial charge in [-0.2, -0.15) is 0 Å². The van der Waals surface area contributed by atoms with Gasteiger partial charge in [0, 0.05) is 60.5 Å². The fourth-order valence-corrected chi connectivity index (χ4v) is 3.54. The van der Waals surface area contributed by atoms with Crippen LogP contribution >= 0.6 is 0 Å². The summed E-state index contributed by atoms with van der Waals surface area (Å²) in [5.74, 6) is 2.23. The Labute approximate surface area is 181 Å². The molecule has 0 aliphatic rings. The summed E-state index contributed by atoms with van der Waals surface area (Å²) in [6.07, 6.45) is 8.52. The predicted octanol–water partition coefficient (Wildman–Crippen LogP) is 3.87. The Balaban J connectivity index is 1.68. The highest BCUT2D eigenvalue weighted by Crippen LogP contribution is 2.32. The summed E-state index contributed by atoms with van der Waals surface area (Å²) in [5, 5.41) is 4.32. The van der Waals surface area contributed by atoms with Gasteiger partial charge in [0.25, 0.3) is 0 Å². The van der Waals surface area contributed by atoms with Crippen molar-refractivity contribution >= 4 is 22.4 Å². The number of anilines is 2. The van der Waals surface area contributed by atoms with Crippen LogP contribution in [0.3, 0.4) is 0 Å². The highest BCUT2D eigenvalue weighted by Gasteiger charge is 2.15. The zero-order valence-corrected chi connectivity index (χ0v) is 17.6. The molecule has 0 unspecified atom stereocenters. The number of fused-ring (bicyclic) bond motifs is 1. The second kappa shape index (κ2) is 9.30. The van der Waals surface area contributed by atoms with Crippen molar-refractivity contribution in [2.45, 2.75) is 12.8 Å². The summed E-state index contributed by atoms with van der Waals surface area (Å²) in [5.41, 5.74) is 11.2. The van der Waals surface area contributed by atoms with Gasteiger partial charge in [-0.05, 0) is 47.9 Å². The van der Waals surface area contributed by atoms with Crippen LogP contribution in [-0.2, 0) is 12.8 Å². The highest BCUT2D eigenvalue weighted by molar-refractivity contribution is 5.93. The third kappa shape index (κ3) is 4.66.